The van der Waals surface area contributed by atoms with Crippen LogP contribution in [-0.2, 0) is 16.1 Å². The summed E-state index contributed by atoms with van der Waals surface area (Å²) >= 11 is 3.27. The average molecular weight is 471 g/mol. The smallest absolute Gasteiger partial charge is 0.248 e. The van der Waals surface area contributed by atoms with Crippen molar-refractivity contribution in [3.63, 3.8) is 0 Å². The predicted molar refractivity (Wildman–Crippen MR) is 115 cm³/mol. The molecular weight excluding hydrogens is 452 g/mol. The standard InChI is InChI=1S/C20H19BrN6O3/c21-15-4-1-5-16(24-15)25-20(30)14-3-2-7-27(14)17(29)10-26-8-6-13-18(22)12(11-28)9-23-19(13)26/h1,4-6,8-9,11,14H,2-3,7,10H2,(H2,22,23)(H,24,25,30)/t14-/m0/s1. The lowest BCUT2D eigenvalue weighted by atomic mass is 10.2. The molecule has 9 nitrogen and oxygen atoms in total. The first-order valence-electron chi connectivity index (χ1n) is 9.39. The van der Waals surface area contributed by atoms with Crippen molar-refractivity contribution in [2.24, 2.45) is 0 Å². The van der Waals surface area contributed by atoms with E-state index in [1.54, 1.807) is 39.9 Å². The number of carbonyl (C=O) groups excluding carboxylic acids is 3. The quantitative estimate of drug-likeness (QED) is 0.435. The van der Waals surface area contributed by atoms with Gasteiger partial charge in [-0.2, -0.15) is 0 Å². The monoisotopic (exact) mass is 470 g/mol. The Bertz CT molecular complexity index is 1140. The van der Waals surface area contributed by atoms with E-state index in [-0.39, 0.29) is 18.4 Å². The highest BCUT2D eigenvalue weighted by atomic mass is 79.9. The maximum Gasteiger partial charge on any atom is 0.248 e. The Morgan fingerprint density at radius 2 is 2.17 bits per heavy atom. The third-order valence-electron chi connectivity index (χ3n) is 5.14. The number of amides is 2. The van der Waals surface area contributed by atoms with Gasteiger partial charge in [-0.15, -0.1) is 0 Å². The van der Waals surface area contributed by atoms with E-state index < -0.39 is 6.04 Å². The van der Waals surface area contributed by atoms with Gasteiger partial charge in [0.05, 0.1) is 11.3 Å². The lowest BCUT2D eigenvalue weighted by Gasteiger charge is -2.24. The van der Waals surface area contributed by atoms with Crippen LogP contribution >= 0.6 is 15.9 Å². The number of aromatic nitrogens is 3. The normalized spacial score (nSPS) is 16.0. The Morgan fingerprint density at radius 1 is 1.33 bits per heavy atom. The number of rotatable bonds is 5. The number of hydrogen-bond donors (Lipinski definition) is 2. The topological polar surface area (TPSA) is 123 Å². The highest BCUT2D eigenvalue weighted by Gasteiger charge is 2.34. The molecule has 0 bridgehead atoms. The maximum atomic E-state index is 13.0. The Kier molecular flexibility index (Phi) is 5.49. The summed E-state index contributed by atoms with van der Waals surface area (Å²) in [4.78, 5) is 46.8. The lowest BCUT2D eigenvalue weighted by molar-refractivity contribution is -0.137. The van der Waals surface area contributed by atoms with Crippen LogP contribution in [0.4, 0.5) is 11.5 Å². The fraction of sp³-hybridized carbons (Fsp3) is 0.250. The number of hydrogen-bond acceptors (Lipinski definition) is 6. The number of nitrogens with two attached hydrogens (primary N) is 1. The molecular formula is C20H19BrN6O3. The summed E-state index contributed by atoms with van der Waals surface area (Å²) in [5.41, 5.74) is 7.16. The number of nitrogens with one attached hydrogen (secondary N) is 1. The minimum absolute atomic E-state index is 0.0231. The van der Waals surface area contributed by atoms with Gasteiger partial charge in [0.25, 0.3) is 0 Å². The van der Waals surface area contributed by atoms with Crippen LogP contribution in [0.3, 0.4) is 0 Å². The van der Waals surface area contributed by atoms with Crippen LogP contribution in [0.5, 0.6) is 0 Å². The van der Waals surface area contributed by atoms with Crippen LogP contribution in [0, 0.1) is 0 Å². The van der Waals surface area contributed by atoms with Crippen LogP contribution in [0.1, 0.15) is 23.2 Å². The van der Waals surface area contributed by atoms with Crippen LogP contribution in [0.25, 0.3) is 11.0 Å². The molecule has 0 unspecified atom stereocenters. The zero-order valence-electron chi connectivity index (χ0n) is 15.9. The van der Waals surface area contributed by atoms with E-state index in [9.17, 15) is 14.4 Å². The minimum atomic E-state index is -0.556. The van der Waals surface area contributed by atoms with E-state index in [0.717, 1.165) is 6.42 Å². The number of anilines is 2. The number of pyridine rings is 2. The molecule has 4 rings (SSSR count). The van der Waals surface area contributed by atoms with Gasteiger partial charge in [0.1, 0.15) is 28.7 Å². The van der Waals surface area contributed by atoms with Gasteiger partial charge in [-0.3, -0.25) is 14.4 Å². The Balaban J connectivity index is 1.50. The molecule has 0 aliphatic carbocycles. The number of carbonyl (C=O) groups is 3. The van der Waals surface area contributed by atoms with Crippen molar-refractivity contribution in [2.45, 2.75) is 25.4 Å². The molecule has 30 heavy (non-hydrogen) atoms. The molecule has 0 spiro atoms. The molecule has 3 N–H and O–H groups in total. The van der Waals surface area contributed by atoms with Gasteiger partial charge in [-0.1, -0.05) is 6.07 Å². The van der Waals surface area contributed by atoms with Gasteiger partial charge < -0.3 is 20.5 Å². The number of nitrogens with zero attached hydrogens (tertiary/aromatic N) is 4. The van der Waals surface area contributed by atoms with Crippen molar-refractivity contribution >= 4 is 56.6 Å². The average Bonchev–Trinajstić information content (AvgIpc) is 3.36. The minimum Gasteiger partial charge on any atom is -0.398 e. The highest BCUT2D eigenvalue weighted by Crippen LogP contribution is 2.24. The summed E-state index contributed by atoms with van der Waals surface area (Å²) in [5.74, 6) is -0.0234. The third-order valence-corrected chi connectivity index (χ3v) is 5.58. The predicted octanol–water partition coefficient (Wildman–Crippen LogP) is 2.22. The second-order valence-corrected chi connectivity index (χ2v) is 7.82. The molecule has 0 radical (unpaired) electrons. The fourth-order valence-corrected chi connectivity index (χ4v) is 4.00. The molecule has 2 amide bonds. The molecule has 3 aromatic rings. The highest BCUT2D eigenvalue weighted by molar-refractivity contribution is 9.10. The van der Waals surface area contributed by atoms with Gasteiger partial charge in [0.15, 0.2) is 6.29 Å². The van der Waals surface area contributed by atoms with Crippen LogP contribution < -0.4 is 11.1 Å². The van der Waals surface area contributed by atoms with Crippen molar-refractivity contribution in [3.05, 3.63) is 46.8 Å². The van der Waals surface area contributed by atoms with Gasteiger partial charge in [-0.25, -0.2) is 9.97 Å². The molecule has 0 aromatic carbocycles. The first-order chi connectivity index (χ1) is 14.5. The second kappa shape index (κ2) is 8.23. The van der Waals surface area contributed by atoms with Gasteiger partial charge in [-0.05, 0) is 47.0 Å². The van der Waals surface area contributed by atoms with Crippen molar-refractivity contribution < 1.29 is 14.4 Å². The number of nitrogen functional groups attached to an aromatic ring is 1. The third kappa shape index (κ3) is 3.78. The Morgan fingerprint density at radius 3 is 2.93 bits per heavy atom. The van der Waals surface area contributed by atoms with E-state index in [2.05, 4.69) is 31.2 Å². The van der Waals surface area contributed by atoms with Gasteiger partial charge in [0.2, 0.25) is 11.8 Å². The summed E-state index contributed by atoms with van der Waals surface area (Å²) in [6.07, 6.45) is 5.08. The zero-order valence-corrected chi connectivity index (χ0v) is 17.5. The SMILES string of the molecule is Nc1c(C=O)cnc2c1ccn2CC(=O)N1CCC[C@H]1C(=O)Nc1cccc(Br)n1. The molecule has 1 saturated heterocycles. The van der Waals surface area contributed by atoms with Gasteiger partial charge in [0, 0.05) is 24.3 Å². The molecule has 0 saturated carbocycles. The summed E-state index contributed by atoms with van der Waals surface area (Å²) in [5, 5.41) is 3.39. The van der Waals surface area contributed by atoms with Crippen LogP contribution in [0.2, 0.25) is 0 Å². The van der Waals surface area contributed by atoms with Crippen LogP contribution in [0.15, 0.2) is 41.3 Å². The van der Waals surface area contributed by atoms with Crippen LogP contribution in [-0.4, -0.2) is 50.1 Å². The summed E-state index contributed by atoms with van der Waals surface area (Å²) in [6.45, 7) is 0.530. The number of aldehydes is 1. The van der Waals surface area contributed by atoms with E-state index in [0.29, 0.717) is 52.0 Å². The summed E-state index contributed by atoms with van der Waals surface area (Å²) in [7, 11) is 0. The molecule has 10 heteroatoms. The molecule has 1 atom stereocenters. The zero-order chi connectivity index (χ0) is 21.3. The largest absolute Gasteiger partial charge is 0.398 e. The Labute approximate surface area is 180 Å². The van der Waals surface area contributed by atoms with Crippen molar-refractivity contribution in [1.82, 2.24) is 19.4 Å². The molecule has 4 heterocycles. The fourth-order valence-electron chi connectivity index (χ4n) is 3.66. The molecule has 1 aliphatic heterocycles. The van der Waals surface area contributed by atoms with Gasteiger partial charge >= 0.3 is 0 Å². The summed E-state index contributed by atoms with van der Waals surface area (Å²) < 4.78 is 2.29. The lowest BCUT2D eigenvalue weighted by Crippen LogP contribution is -2.44. The number of fused-ring (bicyclic) bond motifs is 1. The van der Waals surface area contributed by atoms with E-state index in [1.807, 2.05) is 0 Å². The van der Waals surface area contributed by atoms with E-state index in [1.165, 1.54) is 6.20 Å². The molecule has 3 aromatic heterocycles. The summed E-state index contributed by atoms with van der Waals surface area (Å²) in [6, 6.07) is 6.40. The molecule has 154 valence electrons. The Hall–Kier alpha value is -3.27. The number of halogens is 1. The van der Waals surface area contributed by atoms with Crippen molar-refractivity contribution in [1.29, 1.82) is 0 Å². The van der Waals surface area contributed by atoms with E-state index in [4.69, 9.17) is 5.73 Å². The maximum absolute atomic E-state index is 13.0. The first-order valence-corrected chi connectivity index (χ1v) is 10.2. The van der Waals surface area contributed by atoms with Crippen molar-refractivity contribution in [3.8, 4) is 0 Å². The molecule has 1 fully saturated rings. The molecule has 1 aliphatic rings. The first kappa shape index (κ1) is 20.0. The second-order valence-electron chi connectivity index (χ2n) is 7.01. The number of likely N-dealkylation sites (tertiary alicyclic amines) is 1. The van der Waals surface area contributed by atoms with Crippen molar-refractivity contribution in [2.75, 3.05) is 17.6 Å². The van der Waals surface area contributed by atoms with E-state index >= 15 is 0 Å².